The van der Waals surface area contributed by atoms with Crippen molar-refractivity contribution in [3.63, 3.8) is 0 Å². The molecule has 0 aliphatic rings. The van der Waals surface area contributed by atoms with Gasteiger partial charge in [-0.25, -0.2) is 9.59 Å². The molecular weight excluding hydrogens is 328 g/mol. The van der Waals surface area contributed by atoms with Crippen LogP contribution < -0.4 is 0 Å². The third-order valence-corrected chi connectivity index (χ3v) is 4.94. The van der Waals surface area contributed by atoms with Gasteiger partial charge in [0, 0.05) is 11.1 Å². The molecule has 0 heterocycles. The van der Waals surface area contributed by atoms with E-state index in [1.54, 1.807) is 0 Å². The van der Waals surface area contributed by atoms with Crippen LogP contribution in [-0.2, 0) is 9.59 Å². The molecule has 0 aromatic carbocycles. The molecule has 0 radical (unpaired) electrons. The fraction of sp³-hybridized carbons (Fsp3) is 0.818. The SMILES string of the molecule is CCCCCCCCCC(C(=O)O)=C(CCCCCCCCC)C(=O)O. The van der Waals surface area contributed by atoms with E-state index in [0.717, 1.165) is 38.5 Å². The third-order valence-electron chi connectivity index (χ3n) is 4.94. The highest BCUT2D eigenvalue weighted by Gasteiger charge is 2.19. The lowest BCUT2D eigenvalue weighted by atomic mass is 9.96. The van der Waals surface area contributed by atoms with Crippen LogP contribution in [0.25, 0.3) is 0 Å². The maximum atomic E-state index is 11.5. The van der Waals surface area contributed by atoms with Crippen molar-refractivity contribution >= 4 is 11.9 Å². The molecule has 0 aliphatic heterocycles. The number of unbranched alkanes of at least 4 members (excludes halogenated alkanes) is 12. The van der Waals surface area contributed by atoms with Crippen molar-refractivity contribution in [2.75, 3.05) is 0 Å². The minimum Gasteiger partial charge on any atom is -0.478 e. The molecule has 0 unspecified atom stereocenters. The van der Waals surface area contributed by atoms with Gasteiger partial charge in [0.05, 0.1) is 0 Å². The van der Waals surface area contributed by atoms with Gasteiger partial charge < -0.3 is 10.2 Å². The Morgan fingerprint density at radius 2 is 0.769 bits per heavy atom. The summed E-state index contributed by atoms with van der Waals surface area (Å²) in [5.41, 5.74) is 0.245. The average Bonchev–Trinajstić information content (AvgIpc) is 2.60. The average molecular weight is 369 g/mol. The van der Waals surface area contributed by atoms with Gasteiger partial charge in [-0.3, -0.25) is 0 Å². The first-order chi connectivity index (χ1) is 12.5. The van der Waals surface area contributed by atoms with Crippen molar-refractivity contribution < 1.29 is 19.8 Å². The number of hydrogen-bond donors (Lipinski definition) is 2. The van der Waals surface area contributed by atoms with Gasteiger partial charge in [0.2, 0.25) is 0 Å². The van der Waals surface area contributed by atoms with Crippen molar-refractivity contribution in [3.05, 3.63) is 11.1 Å². The van der Waals surface area contributed by atoms with E-state index in [-0.39, 0.29) is 11.1 Å². The first-order valence-corrected chi connectivity index (χ1v) is 10.7. The van der Waals surface area contributed by atoms with Gasteiger partial charge in [-0.1, -0.05) is 90.9 Å². The van der Waals surface area contributed by atoms with Gasteiger partial charge in [-0.2, -0.15) is 0 Å². The van der Waals surface area contributed by atoms with Gasteiger partial charge in [-0.05, 0) is 25.7 Å². The summed E-state index contributed by atoms with van der Waals surface area (Å²) in [6, 6.07) is 0. The highest BCUT2D eigenvalue weighted by atomic mass is 16.4. The van der Waals surface area contributed by atoms with Gasteiger partial charge in [0.1, 0.15) is 0 Å². The molecule has 26 heavy (non-hydrogen) atoms. The molecule has 4 nitrogen and oxygen atoms in total. The lowest BCUT2D eigenvalue weighted by Crippen LogP contribution is -2.12. The molecule has 0 aliphatic carbocycles. The van der Waals surface area contributed by atoms with E-state index in [0.29, 0.717) is 12.8 Å². The molecule has 0 fully saturated rings. The highest BCUT2D eigenvalue weighted by Crippen LogP contribution is 2.21. The van der Waals surface area contributed by atoms with E-state index in [4.69, 9.17) is 0 Å². The Morgan fingerprint density at radius 3 is 1.04 bits per heavy atom. The van der Waals surface area contributed by atoms with Crippen LogP contribution in [0.15, 0.2) is 11.1 Å². The predicted molar refractivity (Wildman–Crippen MR) is 108 cm³/mol. The van der Waals surface area contributed by atoms with Gasteiger partial charge >= 0.3 is 11.9 Å². The molecule has 0 saturated carbocycles. The zero-order valence-corrected chi connectivity index (χ0v) is 17.0. The van der Waals surface area contributed by atoms with Gasteiger partial charge in [0.25, 0.3) is 0 Å². The molecule has 2 N–H and O–H groups in total. The first kappa shape index (κ1) is 24.7. The molecule has 0 aromatic rings. The maximum absolute atomic E-state index is 11.5. The summed E-state index contributed by atoms with van der Waals surface area (Å²) in [6.07, 6.45) is 16.2. The monoisotopic (exact) mass is 368 g/mol. The molecule has 152 valence electrons. The van der Waals surface area contributed by atoms with E-state index in [2.05, 4.69) is 13.8 Å². The Morgan fingerprint density at radius 1 is 0.500 bits per heavy atom. The zero-order chi connectivity index (χ0) is 19.6. The second-order valence-electron chi connectivity index (χ2n) is 7.31. The number of carboxylic acids is 2. The second-order valence-corrected chi connectivity index (χ2v) is 7.31. The molecule has 4 heteroatoms. The zero-order valence-electron chi connectivity index (χ0n) is 17.0. The topological polar surface area (TPSA) is 74.6 Å². The van der Waals surface area contributed by atoms with Gasteiger partial charge in [0.15, 0.2) is 0 Å². The summed E-state index contributed by atoms with van der Waals surface area (Å²) in [5, 5.41) is 18.9. The minimum atomic E-state index is -1.06. The standard InChI is InChI=1S/C22H40O4/c1-3-5-7-9-11-13-15-17-19(21(23)24)20(22(25)26)18-16-14-12-10-8-6-4-2/h3-18H2,1-2H3,(H,23,24)(H,25,26). The van der Waals surface area contributed by atoms with E-state index < -0.39 is 11.9 Å². The van der Waals surface area contributed by atoms with Crippen LogP contribution in [0.2, 0.25) is 0 Å². The molecule has 0 atom stereocenters. The van der Waals surface area contributed by atoms with Crippen molar-refractivity contribution in [1.29, 1.82) is 0 Å². The Bertz CT molecular complexity index is 374. The normalized spacial score (nSPS) is 12.1. The summed E-state index contributed by atoms with van der Waals surface area (Å²) >= 11 is 0. The smallest absolute Gasteiger partial charge is 0.332 e. The number of rotatable bonds is 18. The van der Waals surface area contributed by atoms with Crippen molar-refractivity contribution in [2.24, 2.45) is 0 Å². The second kappa shape index (κ2) is 17.1. The van der Waals surface area contributed by atoms with Crippen LogP contribution in [0.3, 0.4) is 0 Å². The summed E-state index contributed by atoms with van der Waals surface area (Å²) < 4.78 is 0. The fourth-order valence-corrected chi connectivity index (χ4v) is 3.29. The molecule has 0 saturated heterocycles. The van der Waals surface area contributed by atoms with E-state index in [1.165, 1.54) is 51.4 Å². The fourth-order valence-electron chi connectivity index (χ4n) is 3.29. The van der Waals surface area contributed by atoms with Crippen LogP contribution in [0.4, 0.5) is 0 Å². The number of carbonyl (C=O) groups is 2. The Hall–Kier alpha value is -1.32. The minimum absolute atomic E-state index is 0.122. The van der Waals surface area contributed by atoms with E-state index in [9.17, 15) is 19.8 Å². The number of hydrogen-bond acceptors (Lipinski definition) is 2. The summed E-state index contributed by atoms with van der Waals surface area (Å²) in [4.78, 5) is 23.1. The van der Waals surface area contributed by atoms with Crippen LogP contribution >= 0.6 is 0 Å². The molecule has 0 rings (SSSR count). The Kier molecular flexibility index (Phi) is 16.2. The molecular formula is C22H40O4. The molecule has 0 bridgehead atoms. The highest BCUT2D eigenvalue weighted by molar-refractivity contribution is 5.98. The molecule has 0 amide bonds. The largest absolute Gasteiger partial charge is 0.478 e. The maximum Gasteiger partial charge on any atom is 0.332 e. The van der Waals surface area contributed by atoms with Crippen LogP contribution in [0, 0.1) is 0 Å². The Balaban J connectivity index is 4.34. The van der Waals surface area contributed by atoms with Gasteiger partial charge in [-0.15, -0.1) is 0 Å². The van der Waals surface area contributed by atoms with E-state index in [1.807, 2.05) is 0 Å². The summed E-state index contributed by atoms with van der Waals surface area (Å²) in [5.74, 6) is -2.12. The Labute approximate surface area is 160 Å². The molecule has 0 aromatic heterocycles. The van der Waals surface area contributed by atoms with Crippen molar-refractivity contribution in [1.82, 2.24) is 0 Å². The first-order valence-electron chi connectivity index (χ1n) is 10.7. The van der Waals surface area contributed by atoms with Crippen LogP contribution in [0.1, 0.15) is 117 Å². The van der Waals surface area contributed by atoms with Crippen molar-refractivity contribution in [3.8, 4) is 0 Å². The quantitative estimate of drug-likeness (QED) is 0.208. The van der Waals surface area contributed by atoms with Crippen LogP contribution in [-0.4, -0.2) is 22.2 Å². The molecule has 0 spiro atoms. The lowest BCUT2D eigenvalue weighted by Gasteiger charge is -2.09. The van der Waals surface area contributed by atoms with Crippen molar-refractivity contribution in [2.45, 2.75) is 117 Å². The predicted octanol–water partition coefficient (Wildman–Crippen LogP) is 6.73. The number of carboxylic acid groups (broad SMARTS) is 2. The summed E-state index contributed by atoms with van der Waals surface area (Å²) in [7, 11) is 0. The lowest BCUT2D eigenvalue weighted by molar-refractivity contribution is -0.136. The third kappa shape index (κ3) is 13.0. The van der Waals surface area contributed by atoms with E-state index >= 15 is 0 Å². The summed E-state index contributed by atoms with van der Waals surface area (Å²) in [6.45, 7) is 4.37. The number of aliphatic carboxylic acids is 2. The van der Waals surface area contributed by atoms with Crippen LogP contribution in [0.5, 0.6) is 0 Å².